The van der Waals surface area contributed by atoms with E-state index in [1.807, 2.05) is 9.58 Å². The van der Waals surface area contributed by atoms with Gasteiger partial charge in [0.2, 0.25) is 5.91 Å². The summed E-state index contributed by atoms with van der Waals surface area (Å²) in [6, 6.07) is 0.260. The number of hydrogen-bond acceptors (Lipinski definition) is 4. The Morgan fingerprint density at radius 3 is 2.71 bits per heavy atom. The van der Waals surface area contributed by atoms with Gasteiger partial charge < -0.3 is 15.0 Å². The Bertz CT molecular complexity index is 730. The lowest BCUT2D eigenvalue weighted by Crippen LogP contribution is -2.41. The van der Waals surface area contributed by atoms with Crippen molar-refractivity contribution in [1.82, 2.24) is 20.0 Å². The van der Waals surface area contributed by atoms with Gasteiger partial charge in [-0.2, -0.15) is 5.10 Å². The first kappa shape index (κ1) is 19.4. The fourth-order valence-corrected chi connectivity index (χ4v) is 4.67. The number of fused-ring (bicyclic) bond motifs is 1. The molecule has 1 aromatic heterocycles. The molecule has 28 heavy (non-hydrogen) atoms. The number of rotatable bonds is 5. The molecule has 7 nitrogen and oxygen atoms in total. The Morgan fingerprint density at radius 1 is 1.25 bits per heavy atom. The lowest BCUT2D eigenvalue weighted by molar-refractivity contribution is -0.136. The Balaban J connectivity index is 1.57. The van der Waals surface area contributed by atoms with Crippen molar-refractivity contribution in [3.05, 3.63) is 17.0 Å². The van der Waals surface area contributed by atoms with Crippen LogP contribution in [-0.4, -0.2) is 52.3 Å². The average molecular weight is 389 g/mol. The molecule has 0 aromatic carbocycles. The fourth-order valence-electron chi connectivity index (χ4n) is 4.67. The molecule has 1 saturated heterocycles. The van der Waals surface area contributed by atoms with Gasteiger partial charge in [-0.3, -0.25) is 14.3 Å². The molecule has 1 aromatic rings. The normalized spacial score (nSPS) is 22.7. The summed E-state index contributed by atoms with van der Waals surface area (Å²) < 4.78 is 7.40. The van der Waals surface area contributed by atoms with Crippen molar-refractivity contribution in [3.8, 4) is 0 Å². The van der Waals surface area contributed by atoms with Gasteiger partial charge in [0.05, 0.1) is 12.5 Å². The molecule has 4 rings (SSSR count). The first-order valence-corrected chi connectivity index (χ1v) is 10.8. The van der Waals surface area contributed by atoms with Crippen LogP contribution in [-0.2, 0) is 29.0 Å². The number of ether oxygens (including phenoxy) is 1. The van der Waals surface area contributed by atoms with Crippen molar-refractivity contribution in [1.29, 1.82) is 0 Å². The summed E-state index contributed by atoms with van der Waals surface area (Å²) in [6.45, 7) is 7.46. The Hall–Kier alpha value is -1.89. The molecule has 154 valence electrons. The molecule has 1 saturated carbocycles. The molecule has 3 heterocycles. The second-order valence-electron chi connectivity index (χ2n) is 8.87. The predicted octanol–water partition coefficient (Wildman–Crippen LogP) is 2.13. The van der Waals surface area contributed by atoms with Crippen molar-refractivity contribution in [2.45, 2.75) is 71.5 Å². The largest absolute Gasteiger partial charge is 0.381 e. The molecule has 3 aliphatic rings. The zero-order valence-corrected chi connectivity index (χ0v) is 17.1. The van der Waals surface area contributed by atoms with Crippen LogP contribution in [0.4, 0.5) is 0 Å². The first-order chi connectivity index (χ1) is 13.5. The highest BCUT2D eigenvalue weighted by Gasteiger charge is 2.34. The number of hydrogen-bond donors (Lipinski definition) is 1. The van der Waals surface area contributed by atoms with Crippen molar-refractivity contribution in [2.75, 3.05) is 19.8 Å². The molecular formula is C21H32N4O3. The summed E-state index contributed by atoms with van der Waals surface area (Å²) in [4.78, 5) is 27.8. The minimum atomic E-state index is -0.0795. The summed E-state index contributed by atoms with van der Waals surface area (Å²) in [5, 5.41) is 7.88. The van der Waals surface area contributed by atoms with Crippen molar-refractivity contribution >= 4 is 11.8 Å². The number of nitrogens with zero attached hydrogens (tertiary/aromatic N) is 3. The lowest BCUT2D eigenvalue weighted by atomic mass is 10.0. The van der Waals surface area contributed by atoms with Crippen LogP contribution in [0.15, 0.2) is 0 Å². The van der Waals surface area contributed by atoms with Crippen LogP contribution >= 0.6 is 0 Å². The highest BCUT2D eigenvalue weighted by molar-refractivity contribution is 5.94. The SMILES string of the molecule is CC(C)Cn1nc(C(=O)NC2CCCC2)c2c1CCN(C(=O)C1CCOC1)C2. The number of aromatic nitrogens is 2. The lowest BCUT2D eigenvalue weighted by Gasteiger charge is -2.30. The van der Waals surface area contributed by atoms with E-state index in [2.05, 4.69) is 19.2 Å². The van der Waals surface area contributed by atoms with Gasteiger partial charge in [0.1, 0.15) is 0 Å². The van der Waals surface area contributed by atoms with Crippen LogP contribution in [0.2, 0.25) is 0 Å². The van der Waals surface area contributed by atoms with Crippen LogP contribution in [0.3, 0.4) is 0 Å². The summed E-state index contributed by atoms with van der Waals surface area (Å²) in [5.41, 5.74) is 2.58. The maximum Gasteiger partial charge on any atom is 0.272 e. The van der Waals surface area contributed by atoms with E-state index in [0.717, 1.165) is 43.5 Å². The number of carbonyl (C=O) groups is 2. The van der Waals surface area contributed by atoms with E-state index in [9.17, 15) is 9.59 Å². The predicted molar refractivity (Wildman–Crippen MR) is 105 cm³/mol. The number of carbonyl (C=O) groups excluding carboxylic acids is 2. The summed E-state index contributed by atoms with van der Waals surface area (Å²) in [7, 11) is 0. The molecule has 1 atom stereocenters. The zero-order valence-electron chi connectivity index (χ0n) is 17.1. The first-order valence-electron chi connectivity index (χ1n) is 10.8. The van der Waals surface area contributed by atoms with Crippen molar-refractivity contribution < 1.29 is 14.3 Å². The van der Waals surface area contributed by atoms with Crippen LogP contribution in [0.5, 0.6) is 0 Å². The van der Waals surface area contributed by atoms with E-state index in [-0.39, 0.29) is 23.8 Å². The van der Waals surface area contributed by atoms with Gasteiger partial charge in [-0.15, -0.1) is 0 Å². The van der Waals surface area contributed by atoms with E-state index >= 15 is 0 Å². The fraction of sp³-hybridized carbons (Fsp3) is 0.762. The van der Waals surface area contributed by atoms with Gasteiger partial charge in [0, 0.05) is 50.0 Å². The molecule has 0 radical (unpaired) electrons. The number of amides is 2. The molecule has 7 heteroatoms. The summed E-state index contributed by atoms with van der Waals surface area (Å²) >= 11 is 0. The molecule has 1 unspecified atom stereocenters. The summed E-state index contributed by atoms with van der Waals surface area (Å²) in [6.07, 6.45) is 6.00. The Morgan fingerprint density at radius 2 is 2.04 bits per heavy atom. The van der Waals surface area contributed by atoms with Gasteiger partial charge >= 0.3 is 0 Å². The maximum absolute atomic E-state index is 13.0. The molecule has 1 N–H and O–H groups in total. The van der Waals surface area contributed by atoms with Gasteiger partial charge in [-0.25, -0.2) is 0 Å². The van der Waals surface area contributed by atoms with Gasteiger partial charge in [-0.1, -0.05) is 26.7 Å². The Labute approximate surface area is 166 Å². The van der Waals surface area contributed by atoms with Gasteiger partial charge in [0.15, 0.2) is 5.69 Å². The van der Waals surface area contributed by atoms with Gasteiger partial charge in [-0.05, 0) is 25.2 Å². The molecule has 2 fully saturated rings. The Kier molecular flexibility index (Phi) is 5.71. The molecule has 1 aliphatic carbocycles. The number of nitrogens with one attached hydrogen (secondary N) is 1. The van der Waals surface area contributed by atoms with E-state index in [1.54, 1.807) is 0 Å². The molecule has 0 bridgehead atoms. The highest BCUT2D eigenvalue weighted by Crippen LogP contribution is 2.27. The summed E-state index contributed by atoms with van der Waals surface area (Å²) in [5.74, 6) is 0.485. The van der Waals surface area contributed by atoms with Crippen molar-refractivity contribution in [3.63, 3.8) is 0 Å². The van der Waals surface area contributed by atoms with Crippen LogP contribution in [0.1, 0.15) is 67.7 Å². The standard InChI is InChI=1S/C21H32N4O3/c1-14(2)11-25-18-7-9-24(21(27)15-8-10-28-13-15)12-17(18)19(23-25)20(26)22-16-5-3-4-6-16/h14-16H,3-13H2,1-2H3,(H,22,26). The van der Waals surface area contributed by atoms with Gasteiger partial charge in [0.25, 0.3) is 5.91 Å². The minimum absolute atomic E-state index is 0.0389. The van der Waals surface area contributed by atoms with Crippen LogP contribution in [0, 0.1) is 11.8 Å². The molecule has 0 spiro atoms. The maximum atomic E-state index is 13.0. The third-order valence-electron chi connectivity index (χ3n) is 6.17. The van der Waals surface area contributed by atoms with E-state index in [1.165, 1.54) is 12.8 Å². The van der Waals surface area contributed by atoms with Crippen LogP contribution < -0.4 is 5.32 Å². The third-order valence-corrected chi connectivity index (χ3v) is 6.17. The third kappa shape index (κ3) is 3.95. The quantitative estimate of drug-likeness (QED) is 0.838. The molecule has 2 aliphatic heterocycles. The van der Waals surface area contributed by atoms with Crippen molar-refractivity contribution in [2.24, 2.45) is 11.8 Å². The smallest absolute Gasteiger partial charge is 0.272 e. The van der Waals surface area contributed by atoms with Crippen LogP contribution in [0.25, 0.3) is 0 Å². The molecular weight excluding hydrogens is 356 g/mol. The monoisotopic (exact) mass is 388 g/mol. The van der Waals surface area contributed by atoms with E-state index in [4.69, 9.17) is 9.84 Å². The second kappa shape index (κ2) is 8.23. The van der Waals surface area contributed by atoms with E-state index < -0.39 is 0 Å². The average Bonchev–Trinajstić information content (AvgIpc) is 3.42. The van der Waals surface area contributed by atoms with E-state index in [0.29, 0.717) is 37.9 Å². The highest BCUT2D eigenvalue weighted by atomic mass is 16.5. The second-order valence-corrected chi connectivity index (χ2v) is 8.87. The topological polar surface area (TPSA) is 76.5 Å². The zero-order chi connectivity index (χ0) is 19.7. The minimum Gasteiger partial charge on any atom is -0.381 e. The molecule has 2 amide bonds.